The third-order valence-electron chi connectivity index (χ3n) is 6.37. The van der Waals surface area contributed by atoms with Crippen LogP contribution < -0.4 is 11.1 Å². The van der Waals surface area contributed by atoms with Gasteiger partial charge in [-0.15, -0.1) is 0 Å². The Balaban J connectivity index is 1.49. The number of halogens is 1. The maximum atomic E-state index is 15.9. The molecule has 0 amide bonds. The largest absolute Gasteiger partial charge is 0.382 e. The fourth-order valence-electron chi connectivity index (χ4n) is 4.51. The van der Waals surface area contributed by atoms with Crippen molar-refractivity contribution in [1.29, 1.82) is 0 Å². The summed E-state index contributed by atoms with van der Waals surface area (Å²) in [6.45, 7) is 0. The van der Waals surface area contributed by atoms with Gasteiger partial charge in [0.15, 0.2) is 11.7 Å². The van der Waals surface area contributed by atoms with Crippen LogP contribution in [0.1, 0.15) is 24.8 Å². The lowest BCUT2D eigenvalue weighted by molar-refractivity contribution is 0.134. The van der Waals surface area contributed by atoms with Crippen LogP contribution in [0.2, 0.25) is 0 Å². The van der Waals surface area contributed by atoms with Gasteiger partial charge >= 0.3 is 0 Å². The van der Waals surface area contributed by atoms with Crippen molar-refractivity contribution in [3.8, 4) is 11.3 Å². The summed E-state index contributed by atoms with van der Waals surface area (Å²) in [7, 11) is 0. The van der Waals surface area contributed by atoms with Crippen LogP contribution in [0.3, 0.4) is 0 Å². The van der Waals surface area contributed by atoms with E-state index in [0.717, 1.165) is 29.5 Å². The Labute approximate surface area is 179 Å². The number of aromatic nitrogens is 1. The molecule has 1 aromatic heterocycles. The Bertz CT molecular complexity index is 1280. The number of hydrazone groups is 1. The molecule has 1 atom stereocenters. The van der Waals surface area contributed by atoms with E-state index in [-0.39, 0.29) is 12.0 Å². The standard InChI is InChI=1S/C24H21FN6/c25-19-17(11-9-15-10-12-18(29-20(15)19)14-5-2-1-3-6-14)21-22-23(26)27-13-28-31(22)24(30-21)16-7-4-8-16/h1-3,5-6,9-13,16,24,30H,4,7-8H2,(H2,26,27,28). The fourth-order valence-corrected chi connectivity index (χ4v) is 4.51. The molecule has 31 heavy (non-hydrogen) atoms. The van der Waals surface area contributed by atoms with Crippen LogP contribution in [0.15, 0.2) is 70.4 Å². The molecule has 3 aromatic rings. The number of fused-ring (bicyclic) bond motifs is 2. The van der Waals surface area contributed by atoms with E-state index in [2.05, 4.69) is 20.4 Å². The molecule has 1 unspecified atom stereocenters. The molecule has 3 N–H and O–H groups in total. The van der Waals surface area contributed by atoms with Crippen LogP contribution in [0.25, 0.3) is 27.9 Å². The van der Waals surface area contributed by atoms with E-state index in [1.165, 1.54) is 12.8 Å². The molecule has 6 rings (SSSR count). The molecule has 2 aliphatic heterocycles. The molecule has 3 aliphatic rings. The molecular weight excluding hydrogens is 391 g/mol. The SMILES string of the molecule is NC1=NC=NN2C1=C(c1ccc3ccc(-c4ccccc4)nc3c1F)NC2C1CCC1. The summed E-state index contributed by atoms with van der Waals surface area (Å²) < 4.78 is 15.9. The smallest absolute Gasteiger partial charge is 0.158 e. The number of pyridine rings is 1. The van der Waals surface area contributed by atoms with Gasteiger partial charge in [0.2, 0.25) is 0 Å². The van der Waals surface area contributed by atoms with Crippen LogP contribution in [-0.2, 0) is 0 Å². The van der Waals surface area contributed by atoms with Gasteiger partial charge < -0.3 is 11.1 Å². The first-order valence-electron chi connectivity index (χ1n) is 10.5. The number of nitrogens with two attached hydrogens (primary N) is 1. The summed E-state index contributed by atoms with van der Waals surface area (Å²) >= 11 is 0. The van der Waals surface area contributed by atoms with Crippen molar-refractivity contribution in [2.24, 2.45) is 21.7 Å². The average molecular weight is 412 g/mol. The summed E-state index contributed by atoms with van der Waals surface area (Å²) in [5.74, 6) is 0.411. The van der Waals surface area contributed by atoms with Crippen molar-refractivity contribution < 1.29 is 4.39 Å². The number of hydrogen-bond acceptors (Lipinski definition) is 6. The molecule has 2 aromatic carbocycles. The average Bonchev–Trinajstić information content (AvgIpc) is 3.13. The van der Waals surface area contributed by atoms with Crippen molar-refractivity contribution in [3.63, 3.8) is 0 Å². The Morgan fingerprint density at radius 1 is 1.03 bits per heavy atom. The van der Waals surface area contributed by atoms with Crippen LogP contribution in [-0.4, -0.2) is 28.3 Å². The second-order valence-electron chi connectivity index (χ2n) is 8.15. The summed E-state index contributed by atoms with van der Waals surface area (Å²) in [5.41, 5.74) is 9.93. The number of hydrogen-bond donors (Lipinski definition) is 2. The zero-order valence-corrected chi connectivity index (χ0v) is 16.8. The van der Waals surface area contributed by atoms with E-state index >= 15 is 4.39 Å². The van der Waals surface area contributed by atoms with Crippen LogP contribution in [0.4, 0.5) is 4.39 Å². The van der Waals surface area contributed by atoms with Crippen molar-refractivity contribution in [1.82, 2.24) is 15.3 Å². The molecular formula is C24H21FN6. The highest BCUT2D eigenvalue weighted by atomic mass is 19.1. The summed E-state index contributed by atoms with van der Waals surface area (Å²) in [5, 5.41) is 10.5. The molecule has 1 fully saturated rings. The summed E-state index contributed by atoms with van der Waals surface area (Å²) in [6.07, 6.45) is 4.85. The Kier molecular flexibility index (Phi) is 4.02. The maximum absolute atomic E-state index is 15.9. The monoisotopic (exact) mass is 412 g/mol. The van der Waals surface area contributed by atoms with E-state index in [1.807, 2.05) is 53.5 Å². The zero-order chi connectivity index (χ0) is 20.9. The Morgan fingerprint density at radius 2 is 1.84 bits per heavy atom. The zero-order valence-electron chi connectivity index (χ0n) is 16.8. The van der Waals surface area contributed by atoms with Crippen LogP contribution in [0.5, 0.6) is 0 Å². The van der Waals surface area contributed by atoms with Gasteiger partial charge in [-0.2, -0.15) is 5.10 Å². The summed E-state index contributed by atoms with van der Waals surface area (Å²) in [6, 6.07) is 17.3. The third-order valence-corrected chi connectivity index (χ3v) is 6.37. The van der Waals surface area contributed by atoms with Gasteiger partial charge in [-0.1, -0.05) is 48.9 Å². The quantitative estimate of drug-likeness (QED) is 0.680. The molecule has 154 valence electrons. The van der Waals surface area contributed by atoms with Crippen molar-refractivity contribution in [2.75, 3.05) is 0 Å². The topological polar surface area (TPSA) is 78.9 Å². The summed E-state index contributed by atoms with van der Waals surface area (Å²) in [4.78, 5) is 8.81. The number of aliphatic imine (C=N–C) groups is 1. The third kappa shape index (κ3) is 2.80. The number of benzene rings is 2. The van der Waals surface area contributed by atoms with E-state index in [1.54, 1.807) is 6.07 Å². The van der Waals surface area contributed by atoms with E-state index in [4.69, 9.17) is 5.73 Å². The molecule has 7 heteroatoms. The molecule has 0 saturated heterocycles. The molecule has 0 spiro atoms. The molecule has 1 saturated carbocycles. The van der Waals surface area contributed by atoms with Crippen LogP contribution >= 0.6 is 0 Å². The van der Waals surface area contributed by atoms with Gasteiger partial charge in [-0.25, -0.2) is 19.4 Å². The van der Waals surface area contributed by atoms with Crippen molar-refractivity contribution in [3.05, 3.63) is 71.7 Å². The number of rotatable bonds is 3. The van der Waals surface area contributed by atoms with Gasteiger partial charge in [-0.05, 0) is 30.9 Å². The normalized spacial score (nSPS) is 20.5. The fraction of sp³-hybridized carbons (Fsp3) is 0.208. The Morgan fingerprint density at radius 3 is 2.61 bits per heavy atom. The van der Waals surface area contributed by atoms with Gasteiger partial charge in [0, 0.05) is 16.5 Å². The van der Waals surface area contributed by atoms with Crippen LogP contribution in [0, 0.1) is 11.7 Å². The van der Waals surface area contributed by atoms with E-state index in [0.29, 0.717) is 34.2 Å². The minimum Gasteiger partial charge on any atom is -0.382 e. The first kappa shape index (κ1) is 18.1. The highest BCUT2D eigenvalue weighted by Crippen LogP contribution is 2.40. The second-order valence-corrected chi connectivity index (χ2v) is 8.15. The predicted molar refractivity (Wildman–Crippen MR) is 120 cm³/mol. The molecule has 3 heterocycles. The predicted octanol–water partition coefficient (Wildman–Crippen LogP) is 4.06. The van der Waals surface area contributed by atoms with Gasteiger partial charge in [0.1, 0.15) is 23.7 Å². The molecule has 0 radical (unpaired) electrons. The van der Waals surface area contributed by atoms with Crippen molar-refractivity contribution in [2.45, 2.75) is 25.4 Å². The molecule has 0 bridgehead atoms. The highest BCUT2D eigenvalue weighted by molar-refractivity contribution is 6.08. The maximum Gasteiger partial charge on any atom is 0.158 e. The first-order valence-corrected chi connectivity index (χ1v) is 10.5. The number of nitrogens with zero attached hydrogens (tertiary/aromatic N) is 4. The minimum atomic E-state index is -0.373. The van der Waals surface area contributed by atoms with Crippen molar-refractivity contribution >= 4 is 28.8 Å². The van der Waals surface area contributed by atoms with E-state index in [9.17, 15) is 0 Å². The second kappa shape index (κ2) is 6.91. The lowest BCUT2D eigenvalue weighted by atomic mass is 9.83. The lowest BCUT2D eigenvalue weighted by Crippen LogP contribution is -2.45. The molecule has 1 aliphatic carbocycles. The van der Waals surface area contributed by atoms with Gasteiger partial charge in [0.25, 0.3) is 0 Å². The Hall–Kier alpha value is -3.74. The lowest BCUT2D eigenvalue weighted by Gasteiger charge is -2.36. The highest BCUT2D eigenvalue weighted by Gasteiger charge is 2.42. The van der Waals surface area contributed by atoms with Gasteiger partial charge in [-0.3, -0.25) is 0 Å². The van der Waals surface area contributed by atoms with E-state index < -0.39 is 0 Å². The molecule has 6 nitrogen and oxygen atoms in total. The van der Waals surface area contributed by atoms with Gasteiger partial charge in [0.05, 0.1) is 11.4 Å². The first-order chi connectivity index (χ1) is 15.2. The number of nitrogens with one attached hydrogen (secondary N) is 1. The minimum absolute atomic E-state index is 0.0391. The number of amidine groups is 1.